The van der Waals surface area contributed by atoms with Crippen LogP contribution in [-0.2, 0) is 4.79 Å². The summed E-state index contributed by atoms with van der Waals surface area (Å²) >= 11 is 0. The number of aromatic nitrogens is 1. The molecule has 0 aliphatic heterocycles. The van der Waals surface area contributed by atoms with Crippen LogP contribution in [0.1, 0.15) is 28.9 Å². The second kappa shape index (κ2) is 7.11. The Bertz CT molecular complexity index is 1060. The maximum Gasteiger partial charge on any atom is 0.221 e. The van der Waals surface area contributed by atoms with Crippen molar-refractivity contribution < 1.29 is 14.0 Å². The van der Waals surface area contributed by atoms with Crippen LogP contribution in [0.5, 0.6) is 0 Å². The van der Waals surface area contributed by atoms with Gasteiger partial charge in [0.1, 0.15) is 5.82 Å². The van der Waals surface area contributed by atoms with Gasteiger partial charge in [-0.15, -0.1) is 0 Å². The highest BCUT2D eigenvalue weighted by molar-refractivity contribution is 6.04. The van der Waals surface area contributed by atoms with E-state index < -0.39 is 17.5 Å². The maximum absolute atomic E-state index is 14.2. The normalized spacial score (nSPS) is 11.6. The lowest BCUT2D eigenvalue weighted by Crippen LogP contribution is -2.15. The predicted octanol–water partition coefficient (Wildman–Crippen LogP) is 3.82. The summed E-state index contributed by atoms with van der Waals surface area (Å²) in [5.74, 6) is -3.06. The number of nitrogens with zero attached hydrogens (tertiary/aromatic N) is 2. The Labute approximate surface area is 149 Å². The molecule has 0 aliphatic rings. The van der Waals surface area contributed by atoms with Gasteiger partial charge in [0, 0.05) is 18.0 Å². The van der Waals surface area contributed by atoms with Crippen molar-refractivity contribution in [2.45, 2.75) is 12.8 Å². The molecule has 0 aliphatic carbocycles. The van der Waals surface area contributed by atoms with Crippen LogP contribution in [0.4, 0.5) is 10.1 Å². The molecule has 128 valence electrons. The van der Waals surface area contributed by atoms with Crippen molar-refractivity contribution in [2.24, 2.45) is 0 Å². The lowest BCUT2D eigenvalue weighted by Gasteiger charge is -2.11. The van der Waals surface area contributed by atoms with Crippen LogP contribution in [0, 0.1) is 17.1 Å². The van der Waals surface area contributed by atoms with E-state index in [0.29, 0.717) is 5.52 Å². The molecule has 1 atom stereocenters. The van der Waals surface area contributed by atoms with Crippen molar-refractivity contribution in [1.29, 1.82) is 5.26 Å². The average molecular weight is 347 g/mol. The highest BCUT2D eigenvalue weighted by atomic mass is 19.1. The molecule has 1 amide bonds. The van der Waals surface area contributed by atoms with E-state index in [1.807, 2.05) is 18.2 Å². The van der Waals surface area contributed by atoms with Crippen molar-refractivity contribution in [2.75, 3.05) is 5.32 Å². The quantitative estimate of drug-likeness (QED) is 0.727. The fourth-order valence-electron chi connectivity index (χ4n) is 2.65. The molecule has 2 aromatic carbocycles. The lowest BCUT2D eigenvalue weighted by atomic mass is 9.94. The molecule has 26 heavy (non-hydrogen) atoms. The minimum absolute atomic E-state index is 0.250. The van der Waals surface area contributed by atoms with Gasteiger partial charge in [0.25, 0.3) is 0 Å². The molecule has 0 unspecified atom stereocenters. The lowest BCUT2D eigenvalue weighted by molar-refractivity contribution is -0.114. The Hall–Kier alpha value is -3.59. The van der Waals surface area contributed by atoms with Crippen LogP contribution in [0.2, 0.25) is 0 Å². The third kappa shape index (κ3) is 3.42. The summed E-state index contributed by atoms with van der Waals surface area (Å²) in [6, 6.07) is 16.2. The number of fused-ring (bicyclic) bond motifs is 1. The van der Waals surface area contributed by atoms with Gasteiger partial charge in [0.05, 0.1) is 22.8 Å². The fourth-order valence-corrected chi connectivity index (χ4v) is 2.65. The summed E-state index contributed by atoms with van der Waals surface area (Å²) < 4.78 is 14.2. The van der Waals surface area contributed by atoms with E-state index in [2.05, 4.69) is 10.3 Å². The van der Waals surface area contributed by atoms with Crippen LogP contribution in [0.3, 0.4) is 0 Å². The molecule has 0 saturated heterocycles. The van der Waals surface area contributed by atoms with Crippen LogP contribution in [0.25, 0.3) is 10.9 Å². The number of nitriles is 1. The standard InChI is InChI=1S/C20H14FN3O2/c1-12(25)23-14-7-8-17(21)15(10-14)20(26)16(11-22)19-9-6-13-4-2-3-5-18(13)24-19/h2-10,16H,1H3,(H,23,25)/t16-/m1/s1. The Morgan fingerprint density at radius 1 is 1.15 bits per heavy atom. The first-order valence-electron chi connectivity index (χ1n) is 7.86. The summed E-state index contributed by atoms with van der Waals surface area (Å²) in [5.41, 5.74) is 0.911. The SMILES string of the molecule is CC(=O)Nc1ccc(F)c(C(=O)[C@H](C#N)c2ccc3ccccc3n2)c1. The highest BCUT2D eigenvalue weighted by Gasteiger charge is 2.26. The monoisotopic (exact) mass is 347 g/mol. The molecule has 6 heteroatoms. The topological polar surface area (TPSA) is 82.9 Å². The molecule has 5 nitrogen and oxygen atoms in total. The fraction of sp³-hybridized carbons (Fsp3) is 0.100. The molecule has 3 rings (SSSR count). The van der Waals surface area contributed by atoms with Gasteiger partial charge in [-0.1, -0.05) is 24.3 Å². The van der Waals surface area contributed by atoms with Gasteiger partial charge in [0.2, 0.25) is 5.91 Å². The van der Waals surface area contributed by atoms with Crippen molar-refractivity contribution in [3.05, 3.63) is 71.7 Å². The third-order valence-electron chi connectivity index (χ3n) is 3.86. The van der Waals surface area contributed by atoms with E-state index in [1.165, 1.54) is 19.1 Å². The van der Waals surface area contributed by atoms with E-state index in [1.54, 1.807) is 24.3 Å². The largest absolute Gasteiger partial charge is 0.326 e. The van der Waals surface area contributed by atoms with Gasteiger partial charge in [-0.25, -0.2) is 4.39 Å². The van der Waals surface area contributed by atoms with Crippen molar-refractivity contribution in [1.82, 2.24) is 4.98 Å². The second-order valence-corrected chi connectivity index (χ2v) is 5.73. The Kier molecular flexibility index (Phi) is 4.72. The number of carbonyl (C=O) groups is 2. The molecule has 0 bridgehead atoms. The van der Waals surface area contributed by atoms with Gasteiger partial charge in [-0.05, 0) is 30.3 Å². The number of para-hydroxylation sites is 1. The molecule has 0 fully saturated rings. The summed E-state index contributed by atoms with van der Waals surface area (Å²) in [7, 11) is 0. The number of amides is 1. The number of benzene rings is 2. The molecular formula is C20H14FN3O2. The highest BCUT2D eigenvalue weighted by Crippen LogP contribution is 2.25. The summed E-state index contributed by atoms with van der Waals surface area (Å²) in [6.45, 7) is 1.31. The zero-order valence-corrected chi connectivity index (χ0v) is 13.9. The first-order valence-corrected chi connectivity index (χ1v) is 7.86. The minimum atomic E-state index is -1.25. The first kappa shape index (κ1) is 17.2. The van der Waals surface area contributed by atoms with Crippen molar-refractivity contribution in [3.8, 4) is 6.07 Å². The van der Waals surface area contributed by atoms with E-state index in [4.69, 9.17) is 0 Å². The molecule has 1 heterocycles. The van der Waals surface area contributed by atoms with E-state index in [0.717, 1.165) is 11.5 Å². The Morgan fingerprint density at radius 3 is 2.65 bits per heavy atom. The molecule has 0 radical (unpaired) electrons. The summed E-state index contributed by atoms with van der Waals surface area (Å²) in [5, 5.41) is 12.9. The van der Waals surface area contributed by atoms with Crippen LogP contribution >= 0.6 is 0 Å². The third-order valence-corrected chi connectivity index (χ3v) is 3.86. The first-order chi connectivity index (χ1) is 12.5. The number of hydrogen-bond donors (Lipinski definition) is 1. The molecule has 0 saturated carbocycles. The van der Waals surface area contributed by atoms with Crippen LogP contribution in [0.15, 0.2) is 54.6 Å². The summed E-state index contributed by atoms with van der Waals surface area (Å²) in [4.78, 5) is 28.3. The van der Waals surface area contributed by atoms with Gasteiger partial charge < -0.3 is 5.32 Å². The summed E-state index contributed by atoms with van der Waals surface area (Å²) in [6.07, 6.45) is 0. The molecule has 1 aromatic heterocycles. The van der Waals surface area contributed by atoms with Crippen molar-refractivity contribution in [3.63, 3.8) is 0 Å². The zero-order valence-electron chi connectivity index (χ0n) is 13.9. The number of carbonyl (C=O) groups excluding carboxylic acids is 2. The minimum Gasteiger partial charge on any atom is -0.326 e. The van der Waals surface area contributed by atoms with Gasteiger partial charge in [-0.3, -0.25) is 14.6 Å². The van der Waals surface area contributed by atoms with Gasteiger partial charge in [-0.2, -0.15) is 5.26 Å². The second-order valence-electron chi connectivity index (χ2n) is 5.73. The molecule has 0 spiro atoms. The van der Waals surface area contributed by atoms with Gasteiger partial charge >= 0.3 is 0 Å². The number of rotatable bonds is 4. The smallest absolute Gasteiger partial charge is 0.221 e. The van der Waals surface area contributed by atoms with E-state index in [9.17, 15) is 19.2 Å². The Morgan fingerprint density at radius 2 is 1.92 bits per heavy atom. The van der Waals surface area contributed by atoms with E-state index >= 15 is 0 Å². The Balaban J connectivity index is 2.01. The molecule has 3 aromatic rings. The number of Topliss-reactive ketones (excluding diaryl/α,β-unsaturated/α-hetero) is 1. The predicted molar refractivity (Wildman–Crippen MR) is 95.1 cm³/mol. The van der Waals surface area contributed by atoms with Gasteiger partial charge in [0.15, 0.2) is 11.7 Å². The molecule has 1 N–H and O–H groups in total. The maximum atomic E-state index is 14.2. The zero-order chi connectivity index (χ0) is 18.7. The van der Waals surface area contributed by atoms with Crippen LogP contribution in [-0.4, -0.2) is 16.7 Å². The van der Waals surface area contributed by atoms with E-state index in [-0.39, 0.29) is 22.9 Å². The van der Waals surface area contributed by atoms with Crippen LogP contribution < -0.4 is 5.32 Å². The number of pyridine rings is 1. The van der Waals surface area contributed by atoms with Crippen molar-refractivity contribution >= 4 is 28.3 Å². The number of hydrogen-bond acceptors (Lipinski definition) is 4. The average Bonchev–Trinajstić information content (AvgIpc) is 2.63. The number of anilines is 1. The number of nitrogens with one attached hydrogen (secondary N) is 1. The molecular weight excluding hydrogens is 333 g/mol. The number of halogens is 1. The number of ketones is 1.